The standard InChI is InChI=1S/C18H27N3O3/c1-13(14-9-5-7-11-19-14)20-16(22)15-10-6-8-12-21(15)17(23)24-18(2,3)4/h5,7,9,11,13,15H,6,8,10,12H2,1-4H3,(H,20,22)/t13-,15-/m0/s1. The lowest BCUT2D eigenvalue weighted by molar-refractivity contribution is -0.128. The van der Waals surface area contributed by atoms with E-state index in [2.05, 4.69) is 10.3 Å². The molecule has 1 fully saturated rings. The fourth-order valence-corrected chi connectivity index (χ4v) is 2.76. The van der Waals surface area contributed by atoms with Gasteiger partial charge in [-0.25, -0.2) is 4.79 Å². The number of hydrogen-bond donors (Lipinski definition) is 1. The van der Waals surface area contributed by atoms with Crippen LogP contribution in [0.4, 0.5) is 4.79 Å². The molecule has 1 aliphatic heterocycles. The summed E-state index contributed by atoms with van der Waals surface area (Å²) in [5, 5.41) is 2.96. The van der Waals surface area contributed by atoms with Gasteiger partial charge in [-0.15, -0.1) is 0 Å². The topological polar surface area (TPSA) is 71.5 Å². The number of carbonyl (C=O) groups is 2. The minimum Gasteiger partial charge on any atom is -0.444 e. The molecule has 0 radical (unpaired) electrons. The maximum absolute atomic E-state index is 12.7. The zero-order valence-electron chi connectivity index (χ0n) is 14.9. The number of carbonyl (C=O) groups excluding carboxylic acids is 2. The molecule has 0 saturated carbocycles. The molecule has 1 aromatic rings. The summed E-state index contributed by atoms with van der Waals surface area (Å²) in [6, 6.07) is 4.90. The molecule has 0 spiro atoms. The van der Waals surface area contributed by atoms with Crippen LogP contribution in [-0.4, -0.2) is 40.1 Å². The summed E-state index contributed by atoms with van der Waals surface area (Å²) in [6.45, 7) is 7.92. The van der Waals surface area contributed by atoms with Crippen molar-refractivity contribution in [2.75, 3.05) is 6.54 Å². The lowest BCUT2D eigenvalue weighted by Gasteiger charge is -2.36. The maximum Gasteiger partial charge on any atom is 0.410 e. The summed E-state index contributed by atoms with van der Waals surface area (Å²) in [4.78, 5) is 30.9. The number of nitrogens with one attached hydrogen (secondary N) is 1. The smallest absolute Gasteiger partial charge is 0.410 e. The quantitative estimate of drug-likeness (QED) is 0.923. The van der Waals surface area contributed by atoms with Crippen molar-refractivity contribution in [3.8, 4) is 0 Å². The number of hydrogen-bond acceptors (Lipinski definition) is 4. The molecular weight excluding hydrogens is 306 g/mol. The Hall–Kier alpha value is -2.11. The van der Waals surface area contributed by atoms with Crippen LogP contribution >= 0.6 is 0 Å². The molecule has 1 aliphatic rings. The second-order valence-corrected chi connectivity index (χ2v) is 7.17. The van der Waals surface area contributed by atoms with Crippen LogP contribution in [0.2, 0.25) is 0 Å². The second-order valence-electron chi connectivity index (χ2n) is 7.17. The van der Waals surface area contributed by atoms with Gasteiger partial charge in [0, 0.05) is 12.7 Å². The largest absolute Gasteiger partial charge is 0.444 e. The van der Waals surface area contributed by atoms with Crippen LogP contribution < -0.4 is 5.32 Å². The Morgan fingerprint density at radius 1 is 1.33 bits per heavy atom. The fourth-order valence-electron chi connectivity index (χ4n) is 2.76. The Balaban J connectivity index is 2.03. The van der Waals surface area contributed by atoms with Crippen LogP contribution in [0.1, 0.15) is 58.7 Å². The summed E-state index contributed by atoms with van der Waals surface area (Å²) in [7, 11) is 0. The van der Waals surface area contributed by atoms with Gasteiger partial charge in [0.1, 0.15) is 11.6 Å². The number of nitrogens with zero attached hydrogens (tertiary/aromatic N) is 2. The van der Waals surface area contributed by atoms with E-state index >= 15 is 0 Å². The first-order chi connectivity index (χ1) is 11.3. The van der Waals surface area contributed by atoms with E-state index in [4.69, 9.17) is 4.74 Å². The third-order valence-electron chi connectivity index (χ3n) is 3.92. The minimum absolute atomic E-state index is 0.154. The third kappa shape index (κ3) is 4.94. The van der Waals surface area contributed by atoms with E-state index in [9.17, 15) is 9.59 Å². The minimum atomic E-state index is -0.573. The van der Waals surface area contributed by atoms with Crippen molar-refractivity contribution in [2.45, 2.75) is 64.6 Å². The third-order valence-corrected chi connectivity index (χ3v) is 3.92. The molecule has 2 heterocycles. The van der Waals surface area contributed by atoms with Gasteiger partial charge in [0.15, 0.2) is 0 Å². The fraction of sp³-hybridized carbons (Fsp3) is 0.611. The molecule has 6 nitrogen and oxygen atoms in total. The SMILES string of the molecule is C[C@H](NC(=O)[C@@H]1CCCCN1C(=O)OC(C)(C)C)c1ccccn1. The normalized spacial score (nSPS) is 19.5. The molecule has 1 aromatic heterocycles. The molecule has 132 valence electrons. The van der Waals surface area contributed by atoms with Gasteiger partial charge in [-0.3, -0.25) is 14.7 Å². The van der Waals surface area contributed by atoms with Crippen molar-refractivity contribution in [1.82, 2.24) is 15.2 Å². The molecule has 0 bridgehead atoms. The van der Waals surface area contributed by atoms with Gasteiger partial charge in [-0.05, 0) is 59.1 Å². The number of pyridine rings is 1. The van der Waals surface area contributed by atoms with E-state index in [1.54, 1.807) is 11.1 Å². The van der Waals surface area contributed by atoms with E-state index in [0.717, 1.165) is 18.5 Å². The van der Waals surface area contributed by atoms with Gasteiger partial charge < -0.3 is 10.1 Å². The molecule has 2 amide bonds. The number of aromatic nitrogens is 1. The molecule has 0 aliphatic carbocycles. The first-order valence-electron chi connectivity index (χ1n) is 8.49. The van der Waals surface area contributed by atoms with Crippen molar-refractivity contribution in [3.63, 3.8) is 0 Å². The summed E-state index contributed by atoms with van der Waals surface area (Å²) in [5.74, 6) is -0.154. The molecule has 0 unspecified atom stereocenters. The first-order valence-corrected chi connectivity index (χ1v) is 8.49. The first kappa shape index (κ1) is 18.2. The molecule has 1 saturated heterocycles. The number of rotatable bonds is 3. The molecule has 6 heteroatoms. The van der Waals surface area contributed by atoms with E-state index in [0.29, 0.717) is 13.0 Å². The lowest BCUT2D eigenvalue weighted by atomic mass is 10.0. The Morgan fingerprint density at radius 2 is 2.08 bits per heavy atom. The van der Waals surface area contributed by atoms with Crippen molar-refractivity contribution >= 4 is 12.0 Å². The molecule has 24 heavy (non-hydrogen) atoms. The van der Waals surface area contributed by atoms with E-state index in [1.165, 1.54) is 0 Å². The van der Waals surface area contributed by atoms with Gasteiger partial charge in [0.2, 0.25) is 5.91 Å². The zero-order chi connectivity index (χ0) is 17.7. The average molecular weight is 333 g/mol. The van der Waals surface area contributed by atoms with Gasteiger partial charge in [-0.2, -0.15) is 0 Å². The van der Waals surface area contributed by atoms with Crippen LogP contribution in [0.3, 0.4) is 0 Å². The summed E-state index contributed by atoms with van der Waals surface area (Å²) < 4.78 is 5.44. The highest BCUT2D eigenvalue weighted by Gasteiger charge is 2.35. The Bertz CT molecular complexity index is 569. The van der Waals surface area contributed by atoms with Crippen LogP contribution in [0.25, 0.3) is 0 Å². The van der Waals surface area contributed by atoms with Crippen molar-refractivity contribution in [2.24, 2.45) is 0 Å². The summed E-state index contributed by atoms with van der Waals surface area (Å²) in [6.07, 6.45) is 3.74. The highest BCUT2D eigenvalue weighted by Crippen LogP contribution is 2.21. The summed E-state index contributed by atoms with van der Waals surface area (Å²) >= 11 is 0. The van der Waals surface area contributed by atoms with Gasteiger partial charge in [0.05, 0.1) is 11.7 Å². The Kier molecular flexibility index (Phi) is 5.80. The lowest BCUT2D eigenvalue weighted by Crippen LogP contribution is -2.53. The van der Waals surface area contributed by atoms with Gasteiger partial charge in [0.25, 0.3) is 0 Å². The van der Waals surface area contributed by atoms with E-state index in [1.807, 2.05) is 45.9 Å². The number of ether oxygens (including phenoxy) is 1. The highest BCUT2D eigenvalue weighted by molar-refractivity contribution is 5.86. The molecule has 2 rings (SSSR count). The van der Waals surface area contributed by atoms with E-state index < -0.39 is 17.7 Å². The number of amides is 2. The van der Waals surface area contributed by atoms with Gasteiger partial charge >= 0.3 is 6.09 Å². The Morgan fingerprint density at radius 3 is 2.71 bits per heavy atom. The summed E-state index contributed by atoms with van der Waals surface area (Å²) in [5.41, 5.74) is 0.224. The van der Waals surface area contributed by atoms with Crippen LogP contribution in [-0.2, 0) is 9.53 Å². The molecular formula is C18H27N3O3. The molecule has 2 atom stereocenters. The number of likely N-dealkylation sites (tertiary alicyclic amines) is 1. The van der Waals surface area contributed by atoms with Gasteiger partial charge in [-0.1, -0.05) is 6.07 Å². The van der Waals surface area contributed by atoms with Crippen molar-refractivity contribution < 1.29 is 14.3 Å². The predicted molar refractivity (Wildman–Crippen MR) is 91.4 cm³/mol. The zero-order valence-corrected chi connectivity index (χ0v) is 14.9. The van der Waals surface area contributed by atoms with Crippen LogP contribution in [0, 0.1) is 0 Å². The van der Waals surface area contributed by atoms with Crippen LogP contribution in [0.5, 0.6) is 0 Å². The average Bonchev–Trinajstić information content (AvgIpc) is 2.54. The second kappa shape index (κ2) is 7.64. The van der Waals surface area contributed by atoms with Crippen LogP contribution in [0.15, 0.2) is 24.4 Å². The molecule has 1 N–H and O–H groups in total. The maximum atomic E-state index is 12.7. The van der Waals surface area contributed by atoms with E-state index in [-0.39, 0.29) is 11.9 Å². The predicted octanol–water partition coefficient (Wildman–Crippen LogP) is 3.05. The van der Waals surface area contributed by atoms with Crippen molar-refractivity contribution in [3.05, 3.63) is 30.1 Å². The Labute approximate surface area is 143 Å². The highest BCUT2D eigenvalue weighted by atomic mass is 16.6. The monoisotopic (exact) mass is 333 g/mol. The number of piperidine rings is 1. The van der Waals surface area contributed by atoms with Crippen molar-refractivity contribution in [1.29, 1.82) is 0 Å². The molecule has 0 aromatic carbocycles.